The molecule has 1 aromatic carbocycles. The number of hydrogen-bond acceptors (Lipinski definition) is 2. The van der Waals surface area contributed by atoms with E-state index in [1.165, 1.54) is 0 Å². The van der Waals surface area contributed by atoms with Crippen molar-refractivity contribution in [3.63, 3.8) is 0 Å². The Morgan fingerprint density at radius 2 is 2.12 bits per heavy atom. The van der Waals surface area contributed by atoms with E-state index in [9.17, 15) is 4.79 Å². The van der Waals surface area contributed by atoms with Gasteiger partial charge in [-0.1, -0.05) is 6.07 Å². The molecule has 4 heteroatoms. The minimum atomic E-state index is -0.0142. The molecule has 0 heterocycles. The van der Waals surface area contributed by atoms with E-state index in [2.05, 4.69) is 5.32 Å². The predicted octanol–water partition coefficient (Wildman–Crippen LogP) is 3.27. The van der Waals surface area contributed by atoms with Crippen LogP contribution < -0.4 is 10.1 Å². The van der Waals surface area contributed by atoms with Crippen molar-refractivity contribution < 1.29 is 9.53 Å². The average Bonchev–Trinajstić information content (AvgIpc) is 2.31. The Balaban J connectivity index is 2.81. The van der Waals surface area contributed by atoms with Crippen molar-refractivity contribution in [1.82, 2.24) is 0 Å². The van der Waals surface area contributed by atoms with Crippen molar-refractivity contribution in [3.05, 3.63) is 23.3 Å². The normalized spacial score (nSPS) is 10.1. The van der Waals surface area contributed by atoms with Crippen LogP contribution in [0.25, 0.3) is 0 Å². The second-order valence-corrected chi connectivity index (χ2v) is 4.31. The number of methoxy groups -OCH3 is 1. The topological polar surface area (TPSA) is 38.3 Å². The lowest BCUT2D eigenvalue weighted by Crippen LogP contribution is -2.12. The van der Waals surface area contributed by atoms with Crippen LogP contribution in [0.15, 0.2) is 12.1 Å². The SMILES string of the molecule is COc1c(C)ccc(NC(=O)CCCCl)c1C. The number of aryl methyl sites for hydroxylation is 1. The molecule has 3 nitrogen and oxygen atoms in total. The quantitative estimate of drug-likeness (QED) is 0.820. The Kier molecular flexibility index (Phi) is 5.29. The maximum Gasteiger partial charge on any atom is 0.224 e. The molecule has 0 atom stereocenters. The van der Waals surface area contributed by atoms with Crippen LogP contribution in [0.1, 0.15) is 24.0 Å². The van der Waals surface area contributed by atoms with Gasteiger partial charge < -0.3 is 10.1 Å². The lowest BCUT2D eigenvalue weighted by Gasteiger charge is -2.13. The van der Waals surface area contributed by atoms with Gasteiger partial charge in [0, 0.05) is 23.6 Å². The third kappa shape index (κ3) is 3.63. The first-order valence-corrected chi connectivity index (χ1v) is 6.13. The van der Waals surface area contributed by atoms with Gasteiger partial charge in [0.15, 0.2) is 0 Å². The van der Waals surface area contributed by atoms with Crippen molar-refractivity contribution in [1.29, 1.82) is 0 Å². The molecule has 1 rings (SSSR count). The molecule has 0 aliphatic heterocycles. The van der Waals surface area contributed by atoms with Crippen molar-refractivity contribution >= 4 is 23.2 Å². The molecular formula is C13H18ClNO2. The zero-order chi connectivity index (χ0) is 12.8. The second kappa shape index (κ2) is 6.50. The molecular weight excluding hydrogens is 238 g/mol. The minimum Gasteiger partial charge on any atom is -0.496 e. The summed E-state index contributed by atoms with van der Waals surface area (Å²) in [5, 5.41) is 2.87. The fourth-order valence-electron chi connectivity index (χ4n) is 1.72. The number of anilines is 1. The Labute approximate surface area is 107 Å². The molecule has 0 saturated heterocycles. The second-order valence-electron chi connectivity index (χ2n) is 3.93. The minimum absolute atomic E-state index is 0.0142. The number of alkyl halides is 1. The van der Waals surface area contributed by atoms with Gasteiger partial charge in [-0.2, -0.15) is 0 Å². The third-order valence-electron chi connectivity index (χ3n) is 2.62. The van der Waals surface area contributed by atoms with Crippen molar-refractivity contribution in [2.45, 2.75) is 26.7 Å². The number of benzene rings is 1. The van der Waals surface area contributed by atoms with Gasteiger partial charge in [0.2, 0.25) is 5.91 Å². The molecule has 0 fully saturated rings. The number of carbonyl (C=O) groups excluding carboxylic acids is 1. The average molecular weight is 256 g/mol. The summed E-state index contributed by atoms with van der Waals surface area (Å²) in [7, 11) is 1.63. The summed E-state index contributed by atoms with van der Waals surface area (Å²) in [6.07, 6.45) is 1.13. The molecule has 1 aromatic rings. The maximum absolute atomic E-state index is 11.6. The van der Waals surface area contributed by atoms with Crippen LogP contribution in [0, 0.1) is 13.8 Å². The summed E-state index contributed by atoms with van der Waals surface area (Å²) < 4.78 is 5.31. The monoisotopic (exact) mass is 255 g/mol. The highest BCUT2D eigenvalue weighted by Gasteiger charge is 2.10. The fraction of sp³-hybridized carbons (Fsp3) is 0.462. The van der Waals surface area contributed by atoms with E-state index in [1.54, 1.807) is 7.11 Å². The number of nitrogens with one attached hydrogen (secondary N) is 1. The molecule has 1 N–H and O–H groups in total. The first-order valence-electron chi connectivity index (χ1n) is 5.60. The van der Waals surface area contributed by atoms with Crippen LogP contribution in [-0.4, -0.2) is 18.9 Å². The summed E-state index contributed by atoms with van der Waals surface area (Å²) in [6, 6.07) is 3.83. The number of ether oxygens (including phenoxy) is 1. The first kappa shape index (κ1) is 13.8. The van der Waals surface area contributed by atoms with Crippen LogP contribution in [0.5, 0.6) is 5.75 Å². The zero-order valence-electron chi connectivity index (χ0n) is 10.5. The van der Waals surface area contributed by atoms with Crippen LogP contribution in [0.4, 0.5) is 5.69 Å². The van der Waals surface area contributed by atoms with Crippen LogP contribution in [0.3, 0.4) is 0 Å². The van der Waals surface area contributed by atoms with E-state index >= 15 is 0 Å². The van der Waals surface area contributed by atoms with E-state index < -0.39 is 0 Å². The van der Waals surface area contributed by atoms with E-state index in [0.29, 0.717) is 18.7 Å². The summed E-state index contributed by atoms with van der Waals surface area (Å²) in [4.78, 5) is 11.6. The molecule has 0 aliphatic rings. The molecule has 0 spiro atoms. The number of carbonyl (C=O) groups is 1. The lowest BCUT2D eigenvalue weighted by molar-refractivity contribution is -0.116. The number of amides is 1. The molecule has 0 aromatic heterocycles. The molecule has 0 saturated carbocycles. The molecule has 1 amide bonds. The Bertz CT molecular complexity index is 405. The Morgan fingerprint density at radius 1 is 1.41 bits per heavy atom. The van der Waals surface area contributed by atoms with Crippen LogP contribution >= 0.6 is 11.6 Å². The largest absolute Gasteiger partial charge is 0.496 e. The van der Waals surface area contributed by atoms with Gasteiger partial charge in [0.1, 0.15) is 5.75 Å². The van der Waals surface area contributed by atoms with Gasteiger partial charge in [-0.25, -0.2) is 0 Å². The Hall–Kier alpha value is -1.22. The van der Waals surface area contributed by atoms with Gasteiger partial charge in [-0.3, -0.25) is 4.79 Å². The fourth-order valence-corrected chi connectivity index (χ4v) is 1.85. The molecule has 0 unspecified atom stereocenters. The van der Waals surface area contributed by atoms with E-state index in [4.69, 9.17) is 16.3 Å². The molecule has 0 radical (unpaired) electrons. The number of rotatable bonds is 5. The van der Waals surface area contributed by atoms with Crippen LogP contribution in [0.2, 0.25) is 0 Å². The van der Waals surface area contributed by atoms with Crippen molar-refractivity contribution in [2.24, 2.45) is 0 Å². The standard InChI is InChI=1S/C13H18ClNO2/c1-9-6-7-11(10(2)13(9)17-3)15-12(16)5-4-8-14/h6-7H,4-5,8H2,1-3H3,(H,15,16). The van der Waals surface area contributed by atoms with E-state index in [0.717, 1.165) is 22.6 Å². The lowest BCUT2D eigenvalue weighted by atomic mass is 10.1. The van der Waals surface area contributed by atoms with E-state index in [1.807, 2.05) is 26.0 Å². The molecule has 17 heavy (non-hydrogen) atoms. The van der Waals surface area contributed by atoms with Crippen LogP contribution in [-0.2, 0) is 4.79 Å². The maximum atomic E-state index is 11.6. The van der Waals surface area contributed by atoms with Gasteiger partial charge in [-0.15, -0.1) is 11.6 Å². The highest BCUT2D eigenvalue weighted by molar-refractivity contribution is 6.18. The summed E-state index contributed by atoms with van der Waals surface area (Å²) in [5.74, 6) is 1.31. The van der Waals surface area contributed by atoms with Gasteiger partial charge in [0.25, 0.3) is 0 Å². The summed E-state index contributed by atoms with van der Waals surface area (Å²) in [6.45, 7) is 3.91. The number of halogens is 1. The highest BCUT2D eigenvalue weighted by Crippen LogP contribution is 2.29. The molecule has 0 bridgehead atoms. The molecule has 0 aliphatic carbocycles. The predicted molar refractivity (Wildman–Crippen MR) is 71.1 cm³/mol. The van der Waals surface area contributed by atoms with Gasteiger partial charge >= 0.3 is 0 Å². The van der Waals surface area contributed by atoms with Gasteiger partial charge in [-0.05, 0) is 31.9 Å². The third-order valence-corrected chi connectivity index (χ3v) is 2.89. The van der Waals surface area contributed by atoms with Crippen molar-refractivity contribution in [2.75, 3.05) is 18.3 Å². The first-order chi connectivity index (χ1) is 8.10. The van der Waals surface area contributed by atoms with E-state index in [-0.39, 0.29) is 5.91 Å². The summed E-state index contributed by atoms with van der Waals surface area (Å²) in [5.41, 5.74) is 2.81. The number of hydrogen-bond donors (Lipinski definition) is 1. The summed E-state index contributed by atoms with van der Waals surface area (Å²) >= 11 is 5.55. The smallest absolute Gasteiger partial charge is 0.224 e. The van der Waals surface area contributed by atoms with Crippen molar-refractivity contribution in [3.8, 4) is 5.75 Å². The Morgan fingerprint density at radius 3 is 2.71 bits per heavy atom. The highest BCUT2D eigenvalue weighted by atomic mass is 35.5. The molecule has 94 valence electrons. The zero-order valence-corrected chi connectivity index (χ0v) is 11.2. The van der Waals surface area contributed by atoms with Gasteiger partial charge in [0.05, 0.1) is 7.11 Å².